The number of nitrogens with one attached hydrogen (secondary N) is 1. The van der Waals surface area contributed by atoms with Crippen LogP contribution in [0.1, 0.15) is 69.2 Å². The molecule has 1 fully saturated rings. The average molecular weight is 446 g/mol. The number of nitrogens with zero attached hydrogens (tertiary/aromatic N) is 2. The minimum absolute atomic E-state index is 0.00116. The van der Waals surface area contributed by atoms with E-state index in [1.807, 2.05) is 20.8 Å². The van der Waals surface area contributed by atoms with Crippen LogP contribution in [0.3, 0.4) is 0 Å². The number of amides is 1. The van der Waals surface area contributed by atoms with E-state index in [1.165, 1.54) is 13.3 Å². The fourth-order valence-electron chi connectivity index (χ4n) is 5.04. The molecule has 3 heterocycles. The summed E-state index contributed by atoms with van der Waals surface area (Å²) in [5.41, 5.74) is 2.85. The fraction of sp³-hybridized carbons (Fsp3) is 0.625. The second-order valence-corrected chi connectivity index (χ2v) is 9.88. The Labute approximate surface area is 187 Å². The number of likely N-dealkylation sites (tertiary alicyclic amines) is 1. The first-order chi connectivity index (χ1) is 15.2. The molecule has 0 bridgehead atoms. The first-order valence-electron chi connectivity index (χ1n) is 11.4. The standard InChI is InChI=1S/C24H32FN3O4/c1-24(2,3)32-23(30)28-10-8-14(9-11-28)19-17(25)13-26-21-20(19)16-7-5-6-15(22(29)31-4)12-18(16)27-21/h13-15H,5-12H2,1-4H3,(H,26,27). The third-order valence-electron chi connectivity index (χ3n) is 6.53. The fourth-order valence-corrected chi connectivity index (χ4v) is 5.04. The van der Waals surface area contributed by atoms with Crippen molar-refractivity contribution in [2.75, 3.05) is 20.2 Å². The number of aromatic amines is 1. The van der Waals surface area contributed by atoms with Crippen LogP contribution in [0.25, 0.3) is 11.0 Å². The molecule has 1 aliphatic heterocycles. The van der Waals surface area contributed by atoms with Gasteiger partial charge in [-0.05, 0) is 64.4 Å². The first kappa shape index (κ1) is 22.6. The number of aryl methyl sites for hydroxylation is 1. The van der Waals surface area contributed by atoms with Gasteiger partial charge in [0.15, 0.2) is 0 Å². The summed E-state index contributed by atoms with van der Waals surface area (Å²) in [6, 6.07) is 0. The highest BCUT2D eigenvalue weighted by atomic mass is 19.1. The number of halogens is 1. The number of pyridine rings is 1. The topological polar surface area (TPSA) is 84.5 Å². The zero-order valence-electron chi connectivity index (χ0n) is 19.3. The van der Waals surface area contributed by atoms with E-state index in [1.54, 1.807) is 4.90 Å². The number of hydrogen-bond acceptors (Lipinski definition) is 5. The number of esters is 1. The highest BCUT2D eigenvalue weighted by Crippen LogP contribution is 2.39. The van der Waals surface area contributed by atoms with Crippen molar-refractivity contribution in [2.45, 2.75) is 70.8 Å². The number of carbonyl (C=O) groups excluding carboxylic acids is 2. The Kier molecular flexibility index (Phi) is 6.14. The maximum atomic E-state index is 15.1. The van der Waals surface area contributed by atoms with Crippen molar-refractivity contribution in [1.29, 1.82) is 0 Å². The lowest BCUT2D eigenvalue weighted by Crippen LogP contribution is -2.41. The van der Waals surface area contributed by atoms with Crippen molar-refractivity contribution in [3.8, 4) is 0 Å². The number of rotatable bonds is 2. The van der Waals surface area contributed by atoms with Crippen LogP contribution in [0.4, 0.5) is 9.18 Å². The van der Waals surface area contributed by atoms with Crippen LogP contribution < -0.4 is 0 Å². The second-order valence-electron chi connectivity index (χ2n) is 9.88. The van der Waals surface area contributed by atoms with Crippen molar-refractivity contribution in [2.24, 2.45) is 5.92 Å². The van der Waals surface area contributed by atoms with Gasteiger partial charge in [0.05, 0.1) is 19.2 Å². The molecular weight excluding hydrogens is 413 g/mol. The molecule has 1 N–H and O–H groups in total. The summed E-state index contributed by atoms with van der Waals surface area (Å²) in [5.74, 6) is -0.701. The Bertz CT molecular complexity index is 1020. The van der Waals surface area contributed by atoms with E-state index < -0.39 is 5.60 Å². The van der Waals surface area contributed by atoms with E-state index >= 15 is 4.39 Å². The molecule has 0 spiro atoms. The molecule has 4 rings (SSSR count). The summed E-state index contributed by atoms with van der Waals surface area (Å²) >= 11 is 0. The van der Waals surface area contributed by atoms with Gasteiger partial charge in [0.1, 0.15) is 17.1 Å². The van der Waals surface area contributed by atoms with E-state index in [-0.39, 0.29) is 29.7 Å². The van der Waals surface area contributed by atoms with E-state index in [0.29, 0.717) is 43.6 Å². The molecule has 174 valence electrons. The summed E-state index contributed by atoms with van der Waals surface area (Å²) in [4.78, 5) is 33.9. The molecule has 32 heavy (non-hydrogen) atoms. The summed E-state index contributed by atoms with van der Waals surface area (Å²) in [6.07, 6.45) is 5.22. The smallest absolute Gasteiger partial charge is 0.410 e. The van der Waals surface area contributed by atoms with Gasteiger partial charge < -0.3 is 19.4 Å². The number of hydrogen-bond donors (Lipinski definition) is 1. The summed E-state index contributed by atoms with van der Waals surface area (Å²) in [6.45, 7) is 6.61. The number of H-pyrrole nitrogens is 1. The molecule has 1 saturated heterocycles. The van der Waals surface area contributed by atoms with Crippen molar-refractivity contribution < 1.29 is 23.5 Å². The zero-order valence-corrected chi connectivity index (χ0v) is 19.3. The number of carbonyl (C=O) groups is 2. The lowest BCUT2D eigenvalue weighted by molar-refractivity contribution is -0.145. The van der Waals surface area contributed by atoms with Crippen molar-refractivity contribution in [1.82, 2.24) is 14.9 Å². The minimum atomic E-state index is -0.540. The van der Waals surface area contributed by atoms with Gasteiger partial charge in [0.2, 0.25) is 0 Å². The van der Waals surface area contributed by atoms with Crippen molar-refractivity contribution in [3.63, 3.8) is 0 Å². The molecule has 2 aliphatic rings. The average Bonchev–Trinajstić information content (AvgIpc) is 2.95. The normalized spacial score (nSPS) is 20.0. The Balaban J connectivity index is 1.60. The lowest BCUT2D eigenvalue weighted by atomic mass is 9.86. The van der Waals surface area contributed by atoms with Gasteiger partial charge in [-0.25, -0.2) is 14.2 Å². The van der Waals surface area contributed by atoms with Crippen LogP contribution >= 0.6 is 0 Å². The van der Waals surface area contributed by atoms with Gasteiger partial charge in [0.25, 0.3) is 0 Å². The molecule has 2 aromatic heterocycles. The Morgan fingerprint density at radius 2 is 1.94 bits per heavy atom. The predicted octanol–water partition coefficient (Wildman–Crippen LogP) is 4.48. The molecule has 1 atom stereocenters. The first-order valence-corrected chi connectivity index (χ1v) is 11.4. The molecular formula is C24H32FN3O4. The van der Waals surface area contributed by atoms with Crippen molar-refractivity contribution in [3.05, 3.63) is 28.8 Å². The zero-order chi connectivity index (χ0) is 23.0. The van der Waals surface area contributed by atoms with Gasteiger partial charge in [-0.1, -0.05) is 0 Å². The molecule has 0 aromatic carbocycles. The van der Waals surface area contributed by atoms with Gasteiger partial charge in [-0.15, -0.1) is 0 Å². The number of aromatic nitrogens is 2. The van der Waals surface area contributed by atoms with E-state index in [9.17, 15) is 9.59 Å². The summed E-state index contributed by atoms with van der Waals surface area (Å²) in [5, 5.41) is 0.862. The summed E-state index contributed by atoms with van der Waals surface area (Å²) < 4.78 is 25.6. The number of fused-ring (bicyclic) bond motifs is 3. The van der Waals surface area contributed by atoms with Crippen molar-refractivity contribution >= 4 is 23.1 Å². The third-order valence-corrected chi connectivity index (χ3v) is 6.53. The molecule has 1 amide bonds. The molecule has 1 aliphatic carbocycles. The monoisotopic (exact) mass is 445 g/mol. The van der Waals surface area contributed by atoms with E-state index in [4.69, 9.17) is 9.47 Å². The van der Waals surface area contributed by atoms with Gasteiger partial charge >= 0.3 is 12.1 Å². The maximum Gasteiger partial charge on any atom is 0.410 e. The molecule has 0 radical (unpaired) electrons. The van der Waals surface area contributed by atoms with Crippen LogP contribution in [-0.4, -0.2) is 52.7 Å². The maximum absolute atomic E-state index is 15.1. The van der Waals surface area contributed by atoms with Crippen LogP contribution in [0.2, 0.25) is 0 Å². The van der Waals surface area contributed by atoms with Gasteiger partial charge in [-0.3, -0.25) is 4.79 Å². The van der Waals surface area contributed by atoms with Crippen LogP contribution in [0.15, 0.2) is 6.20 Å². The number of methoxy groups -OCH3 is 1. The minimum Gasteiger partial charge on any atom is -0.469 e. The highest BCUT2D eigenvalue weighted by Gasteiger charge is 2.32. The van der Waals surface area contributed by atoms with Gasteiger partial charge in [0, 0.05) is 36.2 Å². The number of piperidine rings is 1. The molecule has 0 saturated carbocycles. The van der Waals surface area contributed by atoms with E-state index in [0.717, 1.165) is 35.9 Å². The quantitative estimate of drug-likeness (QED) is 0.544. The molecule has 2 aromatic rings. The van der Waals surface area contributed by atoms with Crippen LogP contribution in [0.5, 0.6) is 0 Å². The Hall–Kier alpha value is -2.64. The van der Waals surface area contributed by atoms with E-state index in [2.05, 4.69) is 9.97 Å². The largest absolute Gasteiger partial charge is 0.469 e. The lowest BCUT2D eigenvalue weighted by Gasteiger charge is -2.34. The van der Waals surface area contributed by atoms with Gasteiger partial charge in [-0.2, -0.15) is 0 Å². The Morgan fingerprint density at radius 3 is 2.59 bits per heavy atom. The summed E-state index contributed by atoms with van der Waals surface area (Å²) in [7, 11) is 1.41. The highest BCUT2D eigenvalue weighted by molar-refractivity contribution is 5.86. The third kappa shape index (κ3) is 4.45. The second kappa shape index (κ2) is 8.71. The van der Waals surface area contributed by atoms with Crippen LogP contribution in [-0.2, 0) is 27.1 Å². The molecule has 1 unspecified atom stereocenters. The SMILES string of the molecule is COC(=O)C1CCCc2c([nH]c3ncc(F)c(C4CCN(C(=O)OC(C)(C)C)CC4)c23)C1. The Morgan fingerprint density at radius 1 is 1.22 bits per heavy atom. The molecule has 8 heteroatoms. The number of ether oxygens (including phenoxy) is 2. The van der Waals surface area contributed by atoms with Crippen LogP contribution in [0, 0.1) is 11.7 Å². The predicted molar refractivity (Wildman–Crippen MR) is 118 cm³/mol. The molecule has 7 nitrogen and oxygen atoms in total.